The molecule has 3 heteroatoms. The molecule has 2 nitrogen and oxygen atoms in total. The fourth-order valence-corrected chi connectivity index (χ4v) is 12.7. The summed E-state index contributed by atoms with van der Waals surface area (Å²) in [4.78, 5) is 4.91. The van der Waals surface area contributed by atoms with Crippen molar-refractivity contribution in [3.63, 3.8) is 0 Å². The number of thiophene rings is 1. The van der Waals surface area contributed by atoms with E-state index in [4.69, 9.17) is 0 Å². The number of hydrogen-bond donors (Lipinski definition) is 0. The van der Waals surface area contributed by atoms with E-state index in [0.29, 0.717) is 0 Å². The lowest BCUT2D eigenvalue weighted by molar-refractivity contribution is 0.793. The van der Waals surface area contributed by atoms with Crippen LogP contribution in [0.2, 0.25) is 0 Å². The molecule has 1 aromatic heterocycles. The van der Waals surface area contributed by atoms with Crippen molar-refractivity contribution in [2.75, 3.05) is 9.80 Å². The molecular weight excluding hydrogens is 841 g/mol. The van der Waals surface area contributed by atoms with E-state index in [2.05, 4.69) is 265 Å². The SMILES string of the molecule is c1ccc(N(c2ccc3c(c2)C2(c4ccccc4-3)c3ccccc3-c3cc(-c4ccc5ccccc5c4)c(N(c4ccccc4)c4ccccc4)cc32)c2ccc3c(c2)sc2ccccc23)cc1. The first-order valence-corrected chi connectivity index (χ1v) is 24.2. The quantitative estimate of drug-likeness (QED) is 0.157. The highest BCUT2D eigenvalue weighted by atomic mass is 32.1. The van der Waals surface area contributed by atoms with Gasteiger partial charge in [-0.15, -0.1) is 11.3 Å². The third kappa shape index (κ3) is 5.76. The molecule has 12 aromatic rings. The van der Waals surface area contributed by atoms with E-state index >= 15 is 0 Å². The predicted molar refractivity (Wildman–Crippen MR) is 288 cm³/mol. The van der Waals surface area contributed by atoms with Crippen molar-refractivity contribution in [1.29, 1.82) is 0 Å². The van der Waals surface area contributed by atoms with Crippen molar-refractivity contribution in [3.8, 4) is 33.4 Å². The molecule has 0 amide bonds. The minimum absolute atomic E-state index is 0.610. The standard InChI is InChI=1S/C65H42N2S/c1-4-20-46(21-5-1)66(50-35-37-55-54-28-14-17-31-63(54)68-64(55)40-50)49-34-36-53-51-26-12-15-29-58(51)65(60(53)39-49)59-30-16-13-27-52(59)57-41-56(45-33-32-43-18-10-11-19-44(43)38-45)62(42-61(57)65)67(47-22-6-2-7-23-47)48-24-8-3-9-25-48/h1-42H. The number of nitrogens with zero attached hydrogens (tertiary/aromatic N) is 2. The lowest BCUT2D eigenvalue weighted by atomic mass is 9.70. The van der Waals surface area contributed by atoms with Gasteiger partial charge in [0.15, 0.2) is 0 Å². The van der Waals surface area contributed by atoms with Crippen LogP contribution in [0.15, 0.2) is 255 Å². The summed E-state index contributed by atoms with van der Waals surface area (Å²) in [6, 6.07) is 94.6. The summed E-state index contributed by atoms with van der Waals surface area (Å²) in [7, 11) is 0. The number of fused-ring (bicyclic) bond motifs is 14. The molecule has 0 bridgehead atoms. The summed E-state index contributed by atoms with van der Waals surface area (Å²) < 4.78 is 2.59. The normalized spacial score (nSPS) is 14.2. The van der Waals surface area contributed by atoms with E-state index in [9.17, 15) is 0 Å². The van der Waals surface area contributed by atoms with Crippen molar-refractivity contribution in [3.05, 3.63) is 277 Å². The monoisotopic (exact) mass is 882 g/mol. The van der Waals surface area contributed by atoms with E-state index in [1.165, 1.54) is 86.6 Å². The van der Waals surface area contributed by atoms with Crippen LogP contribution in [0.4, 0.5) is 34.1 Å². The van der Waals surface area contributed by atoms with Crippen LogP contribution in [0.25, 0.3) is 64.3 Å². The largest absolute Gasteiger partial charge is 0.310 e. The summed E-state index contributed by atoms with van der Waals surface area (Å²) in [5.74, 6) is 0. The molecule has 0 N–H and O–H groups in total. The van der Waals surface area contributed by atoms with Gasteiger partial charge in [-0.25, -0.2) is 0 Å². The Balaban J connectivity index is 1.06. The molecule has 0 saturated heterocycles. The van der Waals surface area contributed by atoms with Crippen LogP contribution < -0.4 is 9.80 Å². The van der Waals surface area contributed by atoms with Gasteiger partial charge < -0.3 is 9.80 Å². The fraction of sp³-hybridized carbons (Fsp3) is 0.0154. The van der Waals surface area contributed by atoms with Gasteiger partial charge in [0.25, 0.3) is 0 Å². The van der Waals surface area contributed by atoms with Crippen molar-refractivity contribution < 1.29 is 0 Å². The Kier molecular flexibility index (Phi) is 8.71. The smallest absolute Gasteiger partial charge is 0.0727 e. The third-order valence-electron chi connectivity index (χ3n) is 14.4. The first kappa shape index (κ1) is 38.7. The highest BCUT2D eigenvalue weighted by Gasteiger charge is 2.52. The van der Waals surface area contributed by atoms with Crippen molar-refractivity contribution in [2.45, 2.75) is 5.41 Å². The number of hydrogen-bond acceptors (Lipinski definition) is 3. The number of anilines is 6. The molecule has 318 valence electrons. The van der Waals surface area contributed by atoms with Crippen molar-refractivity contribution in [1.82, 2.24) is 0 Å². The first-order valence-electron chi connectivity index (χ1n) is 23.4. The minimum Gasteiger partial charge on any atom is -0.310 e. The number of rotatable bonds is 7. The third-order valence-corrected chi connectivity index (χ3v) is 15.5. The predicted octanol–water partition coefficient (Wildman–Crippen LogP) is 18.2. The Morgan fingerprint density at radius 1 is 0.279 bits per heavy atom. The average molecular weight is 883 g/mol. The second-order valence-electron chi connectivity index (χ2n) is 18.0. The zero-order valence-electron chi connectivity index (χ0n) is 37.1. The maximum Gasteiger partial charge on any atom is 0.0727 e. The highest BCUT2D eigenvalue weighted by molar-refractivity contribution is 7.25. The minimum atomic E-state index is -0.610. The lowest BCUT2D eigenvalue weighted by Crippen LogP contribution is -2.26. The molecule has 2 aliphatic carbocycles. The molecule has 1 unspecified atom stereocenters. The molecule has 14 rings (SSSR count). The van der Waals surface area contributed by atoms with Gasteiger partial charge in [-0.05, 0) is 146 Å². The second-order valence-corrected chi connectivity index (χ2v) is 19.1. The summed E-state index contributed by atoms with van der Waals surface area (Å²) >= 11 is 1.86. The van der Waals surface area contributed by atoms with Gasteiger partial charge in [0.05, 0.1) is 11.1 Å². The molecule has 68 heavy (non-hydrogen) atoms. The molecule has 0 aliphatic heterocycles. The van der Waals surface area contributed by atoms with Gasteiger partial charge in [0.1, 0.15) is 0 Å². The van der Waals surface area contributed by atoms with E-state index in [1.807, 2.05) is 11.3 Å². The van der Waals surface area contributed by atoms with E-state index < -0.39 is 5.41 Å². The van der Waals surface area contributed by atoms with Crippen LogP contribution in [-0.2, 0) is 5.41 Å². The van der Waals surface area contributed by atoms with Crippen molar-refractivity contribution in [2.24, 2.45) is 0 Å². The highest BCUT2D eigenvalue weighted by Crippen LogP contribution is 2.65. The topological polar surface area (TPSA) is 6.48 Å². The van der Waals surface area contributed by atoms with E-state index in [1.54, 1.807) is 0 Å². The van der Waals surface area contributed by atoms with E-state index in [0.717, 1.165) is 34.1 Å². The van der Waals surface area contributed by atoms with Gasteiger partial charge >= 0.3 is 0 Å². The maximum absolute atomic E-state index is 2.54. The Morgan fingerprint density at radius 2 is 0.809 bits per heavy atom. The van der Waals surface area contributed by atoms with Gasteiger partial charge in [0.2, 0.25) is 0 Å². The molecule has 0 saturated carbocycles. The Morgan fingerprint density at radius 3 is 1.53 bits per heavy atom. The van der Waals surface area contributed by atoms with Crippen LogP contribution in [0, 0.1) is 0 Å². The Labute approximate surface area is 399 Å². The van der Waals surface area contributed by atoms with Crippen molar-refractivity contribution >= 4 is 76.4 Å². The van der Waals surface area contributed by atoms with Crippen LogP contribution in [0.1, 0.15) is 22.3 Å². The van der Waals surface area contributed by atoms with Gasteiger partial charge in [0, 0.05) is 54.2 Å². The second kappa shape index (κ2) is 15.3. The molecule has 0 radical (unpaired) electrons. The van der Waals surface area contributed by atoms with Gasteiger partial charge in [-0.3, -0.25) is 0 Å². The molecular formula is C65H42N2S. The molecule has 1 spiro atoms. The summed E-state index contributed by atoms with van der Waals surface area (Å²) in [6.45, 7) is 0. The van der Waals surface area contributed by atoms with Crippen LogP contribution in [0.5, 0.6) is 0 Å². The van der Waals surface area contributed by atoms with Crippen LogP contribution in [-0.4, -0.2) is 0 Å². The summed E-state index contributed by atoms with van der Waals surface area (Å²) in [5, 5.41) is 5.06. The average Bonchev–Trinajstić information content (AvgIpc) is 4.03. The lowest BCUT2D eigenvalue weighted by Gasteiger charge is -2.34. The fourth-order valence-electron chi connectivity index (χ4n) is 11.5. The summed E-state index contributed by atoms with van der Waals surface area (Å²) in [6.07, 6.45) is 0. The zero-order valence-corrected chi connectivity index (χ0v) is 37.9. The molecule has 11 aromatic carbocycles. The molecule has 1 atom stereocenters. The molecule has 1 heterocycles. The molecule has 2 aliphatic rings. The van der Waals surface area contributed by atoms with Gasteiger partial charge in [-0.2, -0.15) is 0 Å². The number of benzene rings is 11. The Bertz CT molecular complexity index is 3890. The summed E-state index contributed by atoms with van der Waals surface area (Å²) in [5.41, 5.74) is 18.7. The first-order chi connectivity index (χ1) is 33.7. The van der Waals surface area contributed by atoms with Crippen LogP contribution in [0.3, 0.4) is 0 Å². The van der Waals surface area contributed by atoms with E-state index in [-0.39, 0.29) is 0 Å². The molecule has 0 fully saturated rings. The zero-order chi connectivity index (χ0) is 44.8. The Hall–Kier alpha value is -8.50. The van der Waals surface area contributed by atoms with Crippen LogP contribution >= 0.6 is 11.3 Å². The van der Waals surface area contributed by atoms with Gasteiger partial charge in [-0.1, -0.05) is 170 Å². The maximum atomic E-state index is 2.54. The number of para-hydroxylation sites is 3.